The third-order valence-corrected chi connectivity index (χ3v) is 4.21. The van der Waals surface area contributed by atoms with Crippen LogP contribution in [0.4, 0.5) is 0 Å². The van der Waals surface area contributed by atoms with E-state index in [0.29, 0.717) is 36.3 Å². The number of hydrogen-bond acceptors (Lipinski definition) is 8. The minimum absolute atomic E-state index is 0. The van der Waals surface area contributed by atoms with Crippen LogP contribution in [-0.4, -0.2) is 55.8 Å². The number of benzene rings is 2. The molecule has 0 fully saturated rings. The van der Waals surface area contributed by atoms with Gasteiger partial charge in [0.05, 0.1) is 12.2 Å². The van der Waals surface area contributed by atoms with Crippen molar-refractivity contribution in [3.63, 3.8) is 0 Å². The molecule has 0 radical (unpaired) electrons. The number of phenols is 4. The maximum Gasteiger partial charge on any atom is 0.157 e. The van der Waals surface area contributed by atoms with Crippen LogP contribution >= 0.6 is 24.8 Å². The van der Waals surface area contributed by atoms with Crippen molar-refractivity contribution in [2.45, 2.75) is 52.0 Å². The minimum Gasteiger partial charge on any atom is -0.504 e. The summed E-state index contributed by atoms with van der Waals surface area (Å²) in [6.07, 6.45) is -1.36. The molecule has 0 saturated carbocycles. The molecule has 2 aromatic rings. The lowest BCUT2D eigenvalue weighted by atomic mass is 10.1. The number of hydrogen-bond donors (Lipinski definition) is 8. The Bertz CT molecular complexity index is 728. The Balaban J connectivity index is 0. The van der Waals surface area contributed by atoms with Crippen molar-refractivity contribution >= 4 is 24.8 Å². The van der Waals surface area contributed by atoms with Gasteiger partial charge in [-0.2, -0.15) is 0 Å². The summed E-state index contributed by atoms with van der Waals surface area (Å²) >= 11 is 0. The van der Waals surface area contributed by atoms with Gasteiger partial charge >= 0.3 is 0 Å². The highest BCUT2D eigenvalue weighted by Crippen LogP contribution is 2.28. The second-order valence-corrected chi connectivity index (χ2v) is 7.65. The van der Waals surface area contributed by atoms with E-state index in [-0.39, 0.29) is 47.8 Å². The Kier molecular flexibility index (Phi) is 15.9. The first-order valence-electron chi connectivity index (χ1n) is 9.87. The van der Waals surface area contributed by atoms with Gasteiger partial charge in [-0.1, -0.05) is 39.8 Å². The quantitative estimate of drug-likeness (QED) is 0.261. The molecular weight excluding hydrogens is 459 g/mol. The molecule has 2 rings (SSSR count). The SMILES string of the molecule is CC(C)NCC(O)c1ccc(O)c(O)c1.CC(C)NCC(O)c1ccc(O)c(O)c1.Cl.Cl. The van der Waals surface area contributed by atoms with Crippen LogP contribution in [0.5, 0.6) is 23.0 Å². The molecule has 0 aliphatic heterocycles. The lowest BCUT2D eigenvalue weighted by Gasteiger charge is -2.14. The number of aromatic hydroxyl groups is 4. The van der Waals surface area contributed by atoms with Crippen molar-refractivity contribution in [3.8, 4) is 23.0 Å². The Morgan fingerprint density at radius 3 is 1.16 bits per heavy atom. The third kappa shape index (κ3) is 11.6. The number of halogens is 2. The molecule has 0 aliphatic rings. The summed E-state index contributed by atoms with van der Waals surface area (Å²) in [5.41, 5.74) is 1.16. The molecule has 10 heteroatoms. The van der Waals surface area contributed by atoms with Crippen LogP contribution in [0.3, 0.4) is 0 Å². The largest absolute Gasteiger partial charge is 0.504 e. The molecule has 8 nitrogen and oxygen atoms in total. The van der Waals surface area contributed by atoms with Crippen LogP contribution in [0.1, 0.15) is 51.0 Å². The highest BCUT2D eigenvalue weighted by Gasteiger charge is 2.11. The fourth-order valence-electron chi connectivity index (χ4n) is 2.43. The molecule has 2 unspecified atom stereocenters. The maximum atomic E-state index is 9.73. The molecule has 0 bridgehead atoms. The Morgan fingerprint density at radius 2 is 0.906 bits per heavy atom. The summed E-state index contributed by atoms with van der Waals surface area (Å²) in [4.78, 5) is 0. The molecule has 2 atom stereocenters. The smallest absolute Gasteiger partial charge is 0.157 e. The average Bonchev–Trinajstić information content (AvgIpc) is 2.68. The van der Waals surface area contributed by atoms with Crippen molar-refractivity contribution in [3.05, 3.63) is 47.5 Å². The van der Waals surface area contributed by atoms with E-state index < -0.39 is 12.2 Å². The predicted molar refractivity (Wildman–Crippen MR) is 130 cm³/mol. The predicted octanol–water partition coefficient (Wildman–Crippen LogP) is 3.10. The van der Waals surface area contributed by atoms with Gasteiger partial charge in [0.2, 0.25) is 0 Å². The van der Waals surface area contributed by atoms with E-state index in [1.54, 1.807) is 12.1 Å². The number of phenolic OH excluding ortho intramolecular Hbond substituents is 4. The standard InChI is InChI=1S/2C11H17NO3.2ClH/c2*1-7(2)12-6-11(15)8-3-4-9(13)10(14)5-8;;/h2*3-5,7,11-15H,6H2,1-2H3;2*1H. The molecule has 0 aliphatic carbocycles. The number of aliphatic hydroxyl groups excluding tert-OH is 2. The summed E-state index contributed by atoms with van der Waals surface area (Å²) < 4.78 is 0. The molecule has 32 heavy (non-hydrogen) atoms. The highest BCUT2D eigenvalue weighted by atomic mass is 35.5. The highest BCUT2D eigenvalue weighted by molar-refractivity contribution is 5.85. The molecule has 0 spiro atoms. The fraction of sp³-hybridized carbons (Fsp3) is 0.455. The monoisotopic (exact) mass is 494 g/mol. The molecular formula is C22H36Cl2N2O6. The van der Waals surface area contributed by atoms with E-state index in [1.165, 1.54) is 24.3 Å². The van der Waals surface area contributed by atoms with Crippen molar-refractivity contribution in [1.82, 2.24) is 10.6 Å². The first-order chi connectivity index (χ1) is 14.0. The maximum absolute atomic E-state index is 9.73. The second kappa shape index (κ2) is 15.8. The molecule has 184 valence electrons. The van der Waals surface area contributed by atoms with Gasteiger partial charge in [-0.15, -0.1) is 24.8 Å². The molecule has 8 N–H and O–H groups in total. The zero-order chi connectivity index (χ0) is 22.8. The Morgan fingerprint density at radius 1 is 0.594 bits per heavy atom. The Labute approximate surface area is 201 Å². The van der Waals surface area contributed by atoms with E-state index in [2.05, 4.69) is 10.6 Å². The van der Waals surface area contributed by atoms with Gasteiger partial charge in [0, 0.05) is 25.2 Å². The van der Waals surface area contributed by atoms with Gasteiger partial charge in [-0.05, 0) is 35.4 Å². The fourth-order valence-corrected chi connectivity index (χ4v) is 2.43. The first-order valence-corrected chi connectivity index (χ1v) is 9.87. The topological polar surface area (TPSA) is 145 Å². The van der Waals surface area contributed by atoms with Crippen LogP contribution in [0.25, 0.3) is 0 Å². The van der Waals surface area contributed by atoms with Gasteiger partial charge in [0.25, 0.3) is 0 Å². The minimum atomic E-state index is -0.682. The van der Waals surface area contributed by atoms with Gasteiger partial charge in [0.15, 0.2) is 23.0 Å². The summed E-state index contributed by atoms with van der Waals surface area (Å²) in [6.45, 7) is 8.79. The summed E-state index contributed by atoms with van der Waals surface area (Å²) in [6, 6.07) is 9.22. The van der Waals surface area contributed by atoms with E-state index in [0.717, 1.165) is 0 Å². The molecule has 2 aromatic carbocycles. The van der Waals surface area contributed by atoms with Gasteiger partial charge in [-0.25, -0.2) is 0 Å². The molecule has 0 amide bonds. The third-order valence-electron chi connectivity index (χ3n) is 4.21. The summed E-state index contributed by atoms with van der Waals surface area (Å²) in [7, 11) is 0. The van der Waals surface area contributed by atoms with Crippen LogP contribution in [0.15, 0.2) is 36.4 Å². The van der Waals surface area contributed by atoms with E-state index in [4.69, 9.17) is 10.2 Å². The van der Waals surface area contributed by atoms with Crippen molar-refractivity contribution in [2.24, 2.45) is 0 Å². The van der Waals surface area contributed by atoms with Crippen LogP contribution in [0, 0.1) is 0 Å². The number of rotatable bonds is 8. The zero-order valence-electron chi connectivity index (χ0n) is 18.7. The van der Waals surface area contributed by atoms with Gasteiger partial charge in [0.1, 0.15) is 0 Å². The number of nitrogens with one attached hydrogen (secondary N) is 2. The van der Waals surface area contributed by atoms with E-state index in [1.807, 2.05) is 27.7 Å². The second-order valence-electron chi connectivity index (χ2n) is 7.65. The first kappa shape index (κ1) is 32.2. The van der Waals surface area contributed by atoms with Crippen LogP contribution < -0.4 is 10.6 Å². The van der Waals surface area contributed by atoms with Crippen molar-refractivity contribution in [1.29, 1.82) is 0 Å². The number of aliphatic hydroxyl groups is 2. The average molecular weight is 495 g/mol. The normalized spacial score (nSPS) is 12.2. The summed E-state index contributed by atoms with van der Waals surface area (Å²) in [5.74, 6) is -0.780. The van der Waals surface area contributed by atoms with E-state index in [9.17, 15) is 20.4 Å². The molecule has 0 saturated heterocycles. The van der Waals surface area contributed by atoms with Crippen LogP contribution in [0.2, 0.25) is 0 Å². The Hall–Kier alpha value is -1.94. The van der Waals surface area contributed by atoms with Gasteiger partial charge in [-0.3, -0.25) is 0 Å². The lowest BCUT2D eigenvalue weighted by Crippen LogP contribution is -2.27. The molecule has 0 heterocycles. The zero-order valence-corrected chi connectivity index (χ0v) is 20.3. The van der Waals surface area contributed by atoms with Crippen molar-refractivity contribution in [2.75, 3.05) is 13.1 Å². The summed E-state index contributed by atoms with van der Waals surface area (Å²) in [5, 5.41) is 62.3. The van der Waals surface area contributed by atoms with Gasteiger partial charge < -0.3 is 41.3 Å². The molecule has 0 aromatic heterocycles. The van der Waals surface area contributed by atoms with E-state index >= 15 is 0 Å². The lowest BCUT2D eigenvalue weighted by molar-refractivity contribution is 0.171. The van der Waals surface area contributed by atoms with Crippen LogP contribution in [-0.2, 0) is 0 Å². The van der Waals surface area contributed by atoms with Crippen molar-refractivity contribution < 1.29 is 30.6 Å².